The van der Waals surface area contributed by atoms with Crippen molar-refractivity contribution in [1.29, 1.82) is 0 Å². The standard InChI is InChI=1S/C22H26N4/c1-22(2,3)26-20-16-19(18-12-8-5-9-13-18)24-21(25-20)23-15-14-17-10-6-4-7-11-17/h4-13,16H,14-15H2,1-3H3,(H2,23,24,25,26). The van der Waals surface area contributed by atoms with Crippen LogP contribution in [0.15, 0.2) is 66.7 Å². The summed E-state index contributed by atoms with van der Waals surface area (Å²) in [7, 11) is 0. The zero-order chi connectivity index (χ0) is 18.4. The Balaban J connectivity index is 1.80. The number of hydrogen-bond donors (Lipinski definition) is 2. The SMILES string of the molecule is CC(C)(C)Nc1cc(-c2ccccc2)nc(NCCc2ccccc2)n1. The van der Waals surface area contributed by atoms with Crippen molar-refractivity contribution in [1.82, 2.24) is 9.97 Å². The summed E-state index contributed by atoms with van der Waals surface area (Å²) in [6.07, 6.45) is 0.932. The summed E-state index contributed by atoms with van der Waals surface area (Å²) in [4.78, 5) is 9.34. The zero-order valence-corrected chi connectivity index (χ0v) is 15.7. The fourth-order valence-corrected chi connectivity index (χ4v) is 2.69. The van der Waals surface area contributed by atoms with Crippen LogP contribution in [-0.2, 0) is 6.42 Å². The van der Waals surface area contributed by atoms with E-state index < -0.39 is 0 Å². The van der Waals surface area contributed by atoms with Crippen LogP contribution in [0.3, 0.4) is 0 Å². The highest BCUT2D eigenvalue weighted by atomic mass is 15.2. The Morgan fingerprint density at radius 2 is 1.50 bits per heavy atom. The molecule has 0 aliphatic carbocycles. The third kappa shape index (κ3) is 5.31. The molecule has 4 heteroatoms. The minimum Gasteiger partial charge on any atom is -0.365 e. The molecule has 1 heterocycles. The van der Waals surface area contributed by atoms with E-state index in [1.54, 1.807) is 0 Å². The van der Waals surface area contributed by atoms with E-state index in [0.29, 0.717) is 5.95 Å². The third-order valence-electron chi connectivity index (χ3n) is 3.84. The van der Waals surface area contributed by atoms with Crippen molar-refractivity contribution in [3.8, 4) is 11.3 Å². The van der Waals surface area contributed by atoms with E-state index in [0.717, 1.165) is 30.0 Å². The zero-order valence-electron chi connectivity index (χ0n) is 15.7. The predicted octanol–water partition coefficient (Wildman–Crippen LogP) is 5.01. The highest BCUT2D eigenvalue weighted by molar-refractivity contribution is 5.64. The summed E-state index contributed by atoms with van der Waals surface area (Å²) in [5.74, 6) is 1.47. The predicted molar refractivity (Wildman–Crippen MR) is 109 cm³/mol. The highest BCUT2D eigenvalue weighted by Crippen LogP contribution is 2.23. The van der Waals surface area contributed by atoms with Crippen LogP contribution in [0.5, 0.6) is 0 Å². The summed E-state index contributed by atoms with van der Waals surface area (Å²) < 4.78 is 0. The third-order valence-corrected chi connectivity index (χ3v) is 3.84. The van der Waals surface area contributed by atoms with Crippen molar-refractivity contribution in [3.63, 3.8) is 0 Å². The van der Waals surface area contributed by atoms with Gasteiger partial charge in [0.15, 0.2) is 0 Å². The molecule has 0 radical (unpaired) electrons. The fourth-order valence-electron chi connectivity index (χ4n) is 2.69. The minimum atomic E-state index is -0.0659. The molecule has 3 rings (SSSR count). The van der Waals surface area contributed by atoms with Gasteiger partial charge in [-0.2, -0.15) is 4.98 Å². The van der Waals surface area contributed by atoms with Gasteiger partial charge in [0, 0.05) is 23.7 Å². The molecule has 4 nitrogen and oxygen atoms in total. The van der Waals surface area contributed by atoms with E-state index in [2.05, 4.69) is 72.8 Å². The molecule has 0 spiro atoms. The smallest absolute Gasteiger partial charge is 0.225 e. The summed E-state index contributed by atoms with van der Waals surface area (Å²) in [5.41, 5.74) is 3.23. The van der Waals surface area contributed by atoms with Crippen molar-refractivity contribution >= 4 is 11.8 Å². The summed E-state index contributed by atoms with van der Waals surface area (Å²) >= 11 is 0. The van der Waals surface area contributed by atoms with Crippen LogP contribution in [-0.4, -0.2) is 22.1 Å². The molecule has 0 saturated heterocycles. The lowest BCUT2D eigenvalue weighted by molar-refractivity contribution is 0.630. The second kappa shape index (κ2) is 8.00. The average Bonchev–Trinajstić information content (AvgIpc) is 2.62. The van der Waals surface area contributed by atoms with Gasteiger partial charge in [0.2, 0.25) is 5.95 Å². The molecule has 1 aromatic heterocycles. The number of rotatable bonds is 6. The first kappa shape index (κ1) is 17.9. The molecule has 3 aromatic rings. The maximum atomic E-state index is 4.70. The lowest BCUT2D eigenvalue weighted by Gasteiger charge is -2.22. The van der Waals surface area contributed by atoms with E-state index >= 15 is 0 Å². The van der Waals surface area contributed by atoms with Crippen LogP contribution in [0.4, 0.5) is 11.8 Å². The van der Waals surface area contributed by atoms with Gasteiger partial charge in [0.25, 0.3) is 0 Å². The molecule has 0 atom stereocenters. The highest BCUT2D eigenvalue weighted by Gasteiger charge is 2.13. The van der Waals surface area contributed by atoms with Crippen LogP contribution in [0.2, 0.25) is 0 Å². The molecule has 134 valence electrons. The lowest BCUT2D eigenvalue weighted by Crippen LogP contribution is -2.27. The van der Waals surface area contributed by atoms with Gasteiger partial charge in [-0.1, -0.05) is 60.7 Å². The first-order chi connectivity index (χ1) is 12.5. The number of hydrogen-bond acceptors (Lipinski definition) is 4. The molecule has 0 saturated carbocycles. The largest absolute Gasteiger partial charge is 0.365 e. The number of benzene rings is 2. The van der Waals surface area contributed by atoms with Gasteiger partial charge in [-0.3, -0.25) is 0 Å². The van der Waals surface area contributed by atoms with E-state index in [1.165, 1.54) is 5.56 Å². The van der Waals surface area contributed by atoms with Crippen molar-refractivity contribution in [2.24, 2.45) is 0 Å². The Kier molecular flexibility index (Phi) is 5.52. The maximum absolute atomic E-state index is 4.70. The maximum Gasteiger partial charge on any atom is 0.225 e. The van der Waals surface area contributed by atoms with E-state index in [-0.39, 0.29) is 5.54 Å². The molecule has 2 N–H and O–H groups in total. The first-order valence-electron chi connectivity index (χ1n) is 9.00. The van der Waals surface area contributed by atoms with E-state index in [1.807, 2.05) is 30.3 Å². The van der Waals surface area contributed by atoms with Crippen LogP contribution in [0, 0.1) is 0 Å². The Morgan fingerprint density at radius 3 is 2.15 bits per heavy atom. The average molecular weight is 346 g/mol. The summed E-state index contributed by atoms with van der Waals surface area (Å²) in [5, 5.41) is 6.82. The number of aromatic nitrogens is 2. The first-order valence-corrected chi connectivity index (χ1v) is 9.00. The van der Waals surface area contributed by atoms with Gasteiger partial charge < -0.3 is 10.6 Å². The molecule has 2 aromatic carbocycles. The second-order valence-electron chi connectivity index (χ2n) is 7.37. The van der Waals surface area contributed by atoms with Gasteiger partial charge in [-0.05, 0) is 32.8 Å². The normalized spacial score (nSPS) is 11.2. The van der Waals surface area contributed by atoms with Gasteiger partial charge in [-0.25, -0.2) is 4.98 Å². The van der Waals surface area contributed by atoms with Crippen LogP contribution >= 0.6 is 0 Å². The number of anilines is 2. The molecule has 0 fully saturated rings. The van der Waals surface area contributed by atoms with Crippen molar-refractivity contribution in [2.75, 3.05) is 17.2 Å². The number of nitrogens with zero attached hydrogens (tertiary/aromatic N) is 2. The quantitative estimate of drug-likeness (QED) is 0.659. The molecule has 0 aliphatic heterocycles. The fraction of sp³-hybridized carbons (Fsp3) is 0.273. The van der Waals surface area contributed by atoms with Gasteiger partial charge >= 0.3 is 0 Å². The van der Waals surface area contributed by atoms with E-state index in [9.17, 15) is 0 Å². The van der Waals surface area contributed by atoms with E-state index in [4.69, 9.17) is 4.98 Å². The number of nitrogens with one attached hydrogen (secondary N) is 2. The molecular formula is C22H26N4. The van der Waals surface area contributed by atoms with Crippen molar-refractivity contribution < 1.29 is 0 Å². The van der Waals surface area contributed by atoms with Gasteiger partial charge in [-0.15, -0.1) is 0 Å². The van der Waals surface area contributed by atoms with Crippen molar-refractivity contribution in [3.05, 3.63) is 72.3 Å². The Morgan fingerprint density at radius 1 is 0.846 bits per heavy atom. The van der Waals surface area contributed by atoms with Gasteiger partial charge in [0.1, 0.15) is 5.82 Å². The topological polar surface area (TPSA) is 49.8 Å². The summed E-state index contributed by atoms with van der Waals surface area (Å²) in [6, 6.07) is 22.6. The molecule has 0 bridgehead atoms. The molecule has 0 unspecified atom stereocenters. The molecule has 0 aliphatic rings. The Bertz CT molecular complexity index is 824. The molecular weight excluding hydrogens is 320 g/mol. The van der Waals surface area contributed by atoms with Crippen LogP contribution in [0.25, 0.3) is 11.3 Å². The van der Waals surface area contributed by atoms with Crippen LogP contribution in [0.1, 0.15) is 26.3 Å². The second-order valence-corrected chi connectivity index (χ2v) is 7.37. The molecule has 0 amide bonds. The molecule has 26 heavy (non-hydrogen) atoms. The Labute approximate surface area is 155 Å². The van der Waals surface area contributed by atoms with Crippen molar-refractivity contribution in [2.45, 2.75) is 32.7 Å². The summed E-state index contributed by atoms with van der Waals surface area (Å²) in [6.45, 7) is 7.16. The van der Waals surface area contributed by atoms with Gasteiger partial charge in [0.05, 0.1) is 5.69 Å². The van der Waals surface area contributed by atoms with Crippen LogP contribution < -0.4 is 10.6 Å². The lowest BCUT2D eigenvalue weighted by atomic mass is 10.1. The Hall–Kier alpha value is -2.88. The monoisotopic (exact) mass is 346 g/mol. The minimum absolute atomic E-state index is 0.0659.